The highest BCUT2D eigenvalue weighted by Crippen LogP contribution is 2.32. The van der Waals surface area contributed by atoms with Gasteiger partial charge in [0.05, 0.1) is 12.0 Å². The van der Waals surface area contributed by atoms with Gasteiger partial charge in [-0.3, -0.25) is 4.79 Å². The van der Waals surface area contributed by atoms with Crippen molar-refractivity contribution in [2.75, 3.05) is 19.0 Å². The van der Waals surface area contributed by atoms with E-state index >= 15 is 0 Å². The monoisotopic (exact) mass is 603 g/mol. The molecule has 0 spiro atoms. The molecule has 0 saturated heterocycles. The van der Waals surface area contributed by atoms with E-state index in [4.69, 9.17) is 25.6 Å². The molecule has 224 valence electrons. The largest absolute Gasteiger partial charge is 0.493 e. The highest BCUT2D eigenvalue weighted by molar-refractivity contribution is 7.89. The number of carbonyl (C=O) groups excluding carboxylic acids is 1. The Morgan fingerprint density at radius 3 is 2.26 bits per heavy atom. The fraction of sp³-hybridized carbons (Fsp3) is 0.161. The van der Waals surface area contributed by atoms with E-state index in [9.17, 15) is 13.2 Å². The van der Waals surface area contributed by atoms with Gasteiger partial charge in [0.25, 0.3) is 0 Å². The van der Waals surface area contributed by atoms with Gasteiger partial charge in [-0.1, -0.05) is 53.7 Å². The summed E-state index contributed by atoms with van der Waals surface area (Å²) in [5.74, 6) is 0.654. The number of carbonyl (C=O) groups is 1. The molecule has 0 saturated carbocycles. The van der Waals surface area contributed by atoms with Crippen LogP contribution in [0.3, 0.4) is 0 Å². The van der Waals surface area contributed by atoms with E-state index in [1.165, 1.54) is 19.2 Å². The Hall–Kier alpha value is -5.07. The molecule has 0 bridgehead atoms. The summed E-state index contributed by atoms with van der Waals surface area (Å²) in [7, 11) is -2.25. The molecular formula is C31H33N5O6S. The second-order valence-corrected chi connectivity index (χ2v) is 11.1. The minimum Gasteiger partial charge on any atom is -0.493 e. The first-order chi connectivity index (χ1) is 20.7. The number of amides is 1. The van der Waals surface area contributed by atoms with Crippen LogP contribution in [0.1, 0.15) is 28.3 Å². The smallest absolute Gasteiger partial charge is 0.247 e. The standard InChI is InChI=1S/C31H33N5O6S/c1-41-28-19-24(11-16-27(28)42-20-22-5-3-2-4-6-22)29(35-25-12-9-23(10-13-25)30(32)36-38)31(37)34-18-17-21-7-14-26(15-8-21)43(33,39)40/h2-16,19,29,35,38H,17-18,20H2,1H3,(H2,32,36)(H,34,37)(H2,33,39,40)/t29-/m0/s1. The predicted molar refractivity (Wildman–Crippen MR) is 164 cm³/mol. The molecule has 4 aromatic rings. The zero-order valence-electron chi connectivity index (χ0n) is 23.4. The molecule has 0 aromatic heterocycles. The number of hydrogen-bond donors (Lipinski definition) is 5. The van der Waals surface area contributed by atoms with Crippen molar-refractivity contribution in [2.24, 2.45) is 16.0 Å². The number of ether oxygens (including phenoxy) is 2. The number of primary sulfonamides is 1. The number of benzene rings is 4. The molecule has 0 aliphatic carbocycles. The van der Waals surface area contributed by atoms with Crippen LogP contribution >= 0.6 is 0 Å². The molecule has 1 amide bonds. The summed E-state index contributed by atoms with van der Waals surface area (Å²) in [5.41, 5.74) is 9.28. The van der Waals surface area contributed by atoms with Gasteiger partial charge in [0, 0.05) is 17.8 Å². The van der Waals surface area contributed by atoms with Crippen molar-refractivity contribution in [3.05, 3.63) is 119 Å². The summed E-state index contributed by atoms with van der Waals surface area (Å²) in [6.07, 6.45) is 0.466. The van der Waals surface area contributed by atoms with E-state index in [1.807, 2.05) is 30.3 Å². The molecule has 0 radical (unpaired) electrons. The van der Waals surface area contributed by atoms with Crippen molar-refractivity contribution >= 4 is 27.5 Å². The topological polar surface area (TPSA) is 178 Å². The van der Waals surface area contributed by atoms with E-state index in [0.717, 1.165) is 11.1 Å². The van der Waals surface area contributed by atoms with E-state index in [-0.39, 0.29) is 16.6 Å². The summed E-state index contributed by atoms with van der Waals surface area (Å²) < 4.78 is 34.6. The fourth-order valence-corrected chi connectivity index (χ4v) is 4.77. The van der Waals surface area contributed by atoms with Crippen LogP contribution in [0.15, 0.2) is 107 Å². The molecule has 11 nitrogen and oxygen atoms in total. The maximum atomic E-state index is 13.5. The molecule has 0 aliphatic rings. The Bertz CT molecular complexity index is 1660. The number of oxime groups is 1. The number of hydrogen-bond acceptors (Lipinski definition) is 8. The van der Waals surface area contributed by atoms with Crippen LogP contribution in [0.2, 0.25) is 0 Å². The van der Waals surface area contributed by atoms with Gasteiger partial charge < -0.3 is 31.0 Å². The van der Waals surface area contributed by atoms with E-state index < -0.39 is 16.1 Å². The van der Waals surface area contributed by atoms with E-state index in [1.54, 1.807) is 54.6 Å². The number of rotatable bonds is 13. The molecule has 12 heteroatoms. The third-order valence-electron chi connectivity index (χ3n) is 6.58. The Kier molecular flexibility index (Phi) is 10.2. The number of methoxy groups -OCH3 is 1. The second kappa shape index (κ2) is 14.2. The molecule has 7 N–H and O–H groups in total. The lowest BCUT2D eigenvalue weighted by atomic mass is 10.0. The quantitative estimate of drug-likeness (QED) is 0.0667. The molecular weight excluding hydrogens is 570 g/mol. The van der Waals surface area contributed by atoms with Gasteiger partial charge in [-0.25, -0.2) is 13.6 Å². The van der Waals surface area contributed by atoms with Crippen molar-refractivity contribution in [3.63, 3.8) is 0 Å². The summed E-state index contributed by atoms with van der Waals surface area (Å²) in [6.45, 7) is 0.646. The van der Waals surface area contributed by atoms with Crippen molar-refractivity contribution in [1.29, 1.82) is 0 Å². The van der Waals surface area contributed by atoms with Crippen molar-refractivity contribution in [1.82, 2.24) is 5.32 Å². The van der Waals surface area contributed by atoms with Gasteiger partial charge in [0.1, 0.15) is 12.6 Å². The molecule has 0 unspecified atom stereocenters. The molecule has 4 aromatic carbocycles. The lowest BCUT2D eigenvalue weighted by Gasteiger charge is -2.22. The Labute approximate surface area is 250 Å². The Balaban J connectivity index is 1.52. The number of nitrogens with zero attached hydrogens (tertiary/aromatic N) is 1. The Morgan fingerprint density at radius 2 is 1.63 bits per heavy atom. The van der Waals surface area contributed by atoms with Gasteiger partial charge in [-0.15, -0.1) is 0 Å². The third-order valence-corrected chi connectivity index (χ3v) is 7.51. The zero-order valence-corrected chi connectivity index (χ0v) is 24.3. The van der Waals surface area contributed by atoms with Crippen LogP contribution in [0, 0.1) is 0 Å². The summed E-state index contributed by atoms with van der Waals surface area (Å²) in [6, 6.07) is 27.1. The second-order valence-electron chi connectivity index (χ2n) is 9.55. The number of nitrogens with one attached hydrogen (secondary N) is 2. The van der Waals surface area contributed by atoms with Gasteiger partial charge in [0.2, 0.25) is 15.9 Å². The third kappa shape index (κ3) is 8.47. The minimum atomic E-state index is -3.78. The van der Waals surface area contributed by atoms with Gasteiger partial charge in [-0.2, -0.15) is 0 Å². The van der Waals surface area contributed by atoms with Crippen LogP contribution in [0.4, 0.5) is 5.69 Å². The van der Waals surface area contributed by atoms with E-state index in [0.29, 0.717) is 47.9 Å². The lowest BCUT2D eigenvalue weighted by Crippen LogP contribution is -2.34. The highest BCUT2D eigenvalue weighted by atomic mass is 32.2. The van der Waals surface area contributed by atoms with Crippen LogP contribution < -0.4 is 31.0 Å². The van der Waals surface area contributed by atoms with E-state index in [2.05, 4.69) is 15.8 Å². The van der Waals surface area contributed by atoms with Crippen molar-refractivity contribution in [3.8, 4) is 11.5 Å². The van der Waals surface area contributed by atoms with Crippen LogP contribution in [-0.4, -0.2) is 39.0 Å². The van der Waals surface area contributed by atoms with Gasteiger partial charge >= 0.3 is 0 Å². The predicted octanol–water partition coefficient (Wildman–Crippen LogP) is 3.53. The highest BCUT2D eigenvalue weighted by Gasteiger charge is 2.22. The van der Waals surface area contributed by atoms with Crippen LogP contribution in [-0.2, 0) is 27.8 Å². The fourth-order valence-electron chi connectivity index (χ4n) is 4.26. The molecule has 0 fully saturated rings. The van der Waals surface area contributed by atoms with Crippen LogP contribution in [0.25, 0.3) is 0 Å². The molecule has 0 heterocycles. The minimum absolute atomic E-state index is 0.0210. The first kappa shape index (κ1) is 30.9. The average molecular weight is 604 g/mol. The normalized spacial score (nSPS) is 12.3. The van der Waals surface area contributed by atoms with Gasteiger partial charge in [-0.05, 0) is 71.6 Å². The average Bonchev–Trinajstić information content (AvgIpc) is 3.02. The van der Waals surface area contributed by atoms with Gasteiger partial charge in [0.15, 0.2) is 17.3 Å². The molecule has 0 aliphatic heterocycles. The molecule has 4 rings (SSSR count). The number of amidine groups is 1. The summed E-state index contributed by atoms with van der Waals surface area (Å²) in [4.78, 5) is 13.5. The lowest BCUT2D eigenvalue weighted by molar-refractivity contribution is -0.121. The maximum Gasteiger partial charge on any atom is 0.247 e. The summed E-state index contributed by atoms with van der Waals surface area (Å²) in [5, 5.41) is 23.3. The number of sulfonamides is 1. The zero-order chi connectivity index (χ0) is 30.8. The summed E-state index contributed by atoms with van der Waals surface area (Å²) >= 11 is 0. The first-order valence-corrected chi connectivity index (χ1v) is 14.8. The first-order valence-electron chi connectivity index (χ1n) is 13.3. The van der Waals surface area contributed by atoms with Crippen molar-refractivity contribution in [2.45, 2.75) is 24.0 Å². The molecule has 43 heavy (non-hydrogen) atoms. The molecule has 1 atom stereocenters. The SMILES string of the molecule is COc1cc([C@H](Nc2ccc(C(N)=NO)cc2)C(=O)NCCc2ccc(S(N)(=O)=O)cc2)ccc1OCc1ccccc1. The Morgan fingerprint density at radius 1 is 0.930 bits per heavy atom. The van der Waals surface area contributed by atoms with Crippen molar-refractivity contribution < 1.29 is 27.9 Å². The number of anilines is 1. The maximum absolute atomic E-state index is 13.5. The van der Waals surface area contributed by atoms with Crippen LogP contribution in [0.5, 0.6) is 11.5 Å². The number of nitrogens with two attached hydrogens (primary N) is 2.